The third-order valence-electron chi connectivity index (χ3n) is 2.61. The molecule has 0 saturated heterocycles. The number of hydrogen-bond donors (Lipinski definition) is 2. The third-order valence-corrected chi connectivity index (χ3v) is 3.68. The van der Waals surface area contributed by atoms with Gasteiger partial charge in [0.15, 0.2) is 5.84 Å². The van der Waals surface area contributed by atoms with Gasteiger partial charge >= 0.3 is 0 Å². The number of rotatable bonds is 4. The maximum atomic E-state index is 12.9. The molecule has 0 heterocycles. The lowest BCUT2D eigenvalue weighted by molar-refractivity contribution is 0.318. The lowest BCUT2D eigenvalue weighted by atomic mass is 10.2. The van der Waals surface area contributed by atoms with Crippen molar-refractivity contribution >= 4 is 17.6 Å². The zero-order chi connectivity index (χ0) is 14.5. The van der Waals surface area contributed by atoms with Crippen molar-refractivity contribution in [3.63, 3.8) is 0 Å². The average molecular weight is 292 g/mol. The van der Waals surface area contributed by atoms with Crippen LogP contribution in [0.3, 0.4) is 0 Å². The molecule has 0 aromatic heterocycles. The lowest BCUT2D eigenvalue weighted by Gasteiger charge is -2.10. The molecule has 0 saturated carbocycles. The minimum Gasteiger partial charge on any atom is -0.497 e. The van der Waals surface area contributed by atoms with Crippen LogP contribution in [0.1, 0.15) is 5.56 Å². The summed E-state index contributed by atoms with van der Waals surface area (Å²) in [5.41, 5.74) is 6.24. The van der Waals surface area contributed by atoms with Gasteiger partial charge in [-0.25, -0.2) is 4.39 Å². The number of nitrogens with two attached hydrogens (primary N) is 1. The molecule has 0 aliphatic rings. The maximum absolute atomic E-state index is 12.9. The Morgan fingerprint density at radius 2 is 1.95 bits per heavy atom. The zero-order valence-corrected chi connectivity index (χ0v) is 11.5. The number of ether oxygens (including phenoxy) is 1. The van der Waals surface area contributed by atoms with Gasteiger partial charge in [0, 0.05) is 15.4 Å². The van der Waals surface area contributed by atoms with Crippen LogP contribution in [-0.4, -0.2) is 18.2 Å². The first-order chi connectivity index (χ1) is 9.63. The van der Waals surface area contributed by atoms with E-state index in [9.17, 15) is 4.39 Å². The van der Waals surface area contributed by atoms with Crippen LogP contribution in [0.5, 0.6) is 5.75 Å². The molecule has 2 aromatic rings. The Kier molecular flexibility index (Phi) is 4.47. The molecule has 0 bridgehead atoms. The minimum atomic E-state index is -0.295. The van der Waals surface area contributed by atoms with Crippen molar-refractivity contribution in [1.82, 2.24) is 0 Å². The van der Waals surface area contributed by atoms with Crippen molar-refractivity contribution in [3.05, 3.63) is 53.8 Å². The first-order valence-electron chi connectivity index (χ1n) is 5.73. The molecule has 0 spiro atoms. The number of methoxy groups -OCH3 is 1. The van der Waals surface area contributed by atoms with Crippen LogP contribution in [0.25, 0.3) is 0 Å². The largest absolute Gasteiger partial charge is 0.497 e. The summed E-state index contributed by atoms with van der Waals surface area (Å²) in [4.78, 5) is 1.60. The van der Waals surface area contributed by atoms with Gasteiger partial charge in [-0.15, -0.1) is 0 Å². The van der Waals surface area contributed by atoms with Crippen LogP contribution >= 0.6 is 11.8 Å². The van der Waals surface area contributed by atoms with Gasteiger partial charge < -0.3 is 15.7 Å². The molecule has 0 atom stereocenters. The fourth-order valence-electron chi connectivity index (χ4n) is 1.61. The summed E-state index contributed by atoms with van der Waals surface area (Å²) in [6.07, 6.45) is 0. The van der Waals surface area contributed by atoms with E-state index >= 15 is 0 Å². The highest BCUT2D eigenvalue weighted by Crippen LogP contribution is 2.33. The van der Waals surface area contributed by atoms with Crippen LogP contribution in [-0.2, 0) is 0 Å². The Balaban J connectivity index is 2.39. The smallest absolute Gasteiger partial charge is 0.171 e. The monoisotopic (exact) mass is 292 g/mol. The molecule has 4 nitrogen and oxygen atoms in total. The molecule has 2 rings (SSSR count). The molecular formula is C14H13FN2O2S. The summed E-state index contributed by atoms with van der Waals surface area (Å²) in [7, 11) is 1.56. The van der Waals surface area contributed by atoms with Gasteiger partial charge in [-0.05, 0) is 42.5 Å². The van der Waals surface area contributed by atoms with Crippen LogP contribution in [0.15, 0.2) is 57.4 Å². The third kappa shape index (κ3) is 3.21. The highest BCUT2D eigenvalue weighted by Gasteiger charge is 2.10. The lowest BCUT2D eigenvalue weighted by Crippen LogP contribution is -2.14. The van der Waals surface area contributed by atoms with Crippen molar-refractivity contribution in [2.24, 2.45) is 10.9 Å². The Morgan fingerprint density at radius 1 is 1.25 bits per heavy atom. The minimum absolute atomic E-state index is 0.0114. The zero-order valence-electron chi connectivity index (χ0n) is 10.7. The normalized spacial score (nSPS) is 11.4. The average Bonchev–Trinajstić information content (AvgIpc) is 2.48. The van der Waals surface area contributed by atoms with Gasteiger partial charge in [0.2, 0.25) is 0 Å². The Labute approximate surface area is 120 Å². The molecule has 0 unspecified atom stereocenters. The molecule has 2 aromatic carbocycles. The molecule has 0 fully saturated rings. The van der Waals surface area contributed by atoms with Gasteiger partial charge in [-0.1, -0.05) is 16.9 Å². The van der Waals surface area contributed by atoms with E-state index in [1.807, 2.05) is 0 Å². The van der Waals surface area contributed by atoms with E-state index < -0.39 is 0 Å². The van der Waals surface area contributed by atoms with E-state index in [0.29, 0.717) is 11.3 Å². The van der Waals surface area contributed by atoms with E-state index in [-0.39, 0.29) is 11.7 Å². The van der Waals surface area contributed by atoms with E-state index in [4.69, 9.17) is 15.7 Å². The van der Waals surface area contributed by atoms with Crippen molar-refractivity contribution < 1.29 is 14.3 Å². The second-order valence-electron chi connectivity index (χ2n) is 3.90. The molecule has 3 N–H and O–H groups in total. The second-order valence-corrected chi connectivity index (χ2v) is 5.02. The molecule has 6 heteroatoms. The first kappa shape index (κ1) is 14.2. The quantitative estimate of drug-likeness (QED) is 0.393. The Morgan fingerprint density at radius 3 is 2.55 bits per heavy atom. The van der Waals surface area contributed by atoms with Crippen molar-refractivity contribution in [3.8, 4) is 5.75 Å². The van der Waals surface area contributed by atoms with Crippen LogP contribution < -0.4 is 10.5 Å². The highest BCUT2D eigenvalue weighted by molar-refractivity contribution is 7.99. The second kappa shape index (κ2) is 6.29. The Bertz CT molecular complexity index is 630. The standard InChI is InChI=1S/C14H13FN2O2S/c1-19-10-4-7-12(14(16)17-18)13(8-10)20-11-5-2-9(15)3-6-11/h2-8,18H,1H3,(H2,16,17). The van der Waals surface area contributed by atoms with Crippen LogP contribution in [0.2, 0.25) is 0 Å². The number of hydrogen-bond acceptors (Lipinski definition) is 4. The van der Waals surface area contributed by atoms with Crippen molar-refractivity contribution in [2.45, 2.75) is 9.79 Å². The maximum Gasteiger partial charge on any atom is 0.171 e. The SMILES string of the molecule is COc1ccc(/C(N)=N/O)c(Sc2ccc(F)cc2)c1. The number of halogens is 1. The summed E-state index contributed by atoms with van der Waals surface area (Å²) in [5, 5.41) is 11.8. The molecule has 0 aliphatic carbocycles. The molecule has 104 valence electrons. The van der Waals surface area contributed by atoms with Gasteiger partial charge in [0.1, 0.15) is 11.6 Å². The molecule has 0 radical (unpaired) electrons. The van der Waals surface area contributed by atoms with Crippen molar-refractivity contribution in [1.29, 1.82) is 0 Å². The number of benzene rings is 2. The first-order valence-corrected chi connectivity index (χ1v) is 6.55. The van der Waals surface area contributed by atoms with E-state index in [1.54, 1.807) is 37.4 Å². The number of oxime groups is 1. The topological polar surface area (TPSA) is 67.8 Å². The summed E-state index contributed by atoms with van der Waals surface area (Å²) in [6, 6.07) is 11.3. The highest BCUT2D eigenvalue weighted by atomic mass is 32.2. The molecule has 0 aliphatic heterocycles. The molecule has 0 amide bonds. The predicted molar refractivity (Wildman–Crippen MR) is 76.0 cm³/mol. The molecule has 20 heavy (non-hydrogen) atoms. The van der Waals surface area contributed by atoms with Crippen LogP contribution in [0, 0.1) is 5.82 Å². The van der Waals surface area contributed by atoms with Gasteiger partial charge in [0.05, 0.1) is 7.11 Å². The van der Waals surface area contributed by atoms with Gasteiger partial charge in [-0.3, -0.25) is 0 Å². The van der Waals surface area contributed by atoms with Gasteiger partial charge in [0.25, 0.3) is 0 Å². The Hall–Kier alpha value is -2.21. The van der Waals surface area contributed by atoms with Gasteiger partial charge in [-0.2, -0.15) is 0 Å². The summed E-state index contributed by atoms with van der Waals surface area (Å²) < 4.78 is 18.1. The fraction of sp³-hybridized carbons (Fsp3) is 0.0714. The molecular weight excluding hydrogens is 279 g/mol. The van der Waals surface area contributed by atoms with E-state index in [2.05, 4.69) is 5.16 Å². The summed E-state index contributed by atoms with van der Waals surface area (Å²) in [6.45, 7) is 0. The van der Waals surface area contributed by atoms with E-state index in [1.165, 1.54) is 23.9 Å². The van der Waals surface area contributed by atoms with Crippen LogP contribution in [0.4, 0.5) is 4.39 Å². The fourth-order valence-corrected chi connectivity index (χ4v) is 2.59. The predicted octanol–water partition coefficient (Wildman–Crippen LogP) is 3.08. The number of nitrogens with zero attached hydrogens (tertiary/aromatic N) is 1. The summed E-state index contributed by atoms with van der Waals surface area (Å²) in [5.74, 6) is 0.373. The van der Waals surface area contributed by atoms with E-state index in [0.717, 1.165) is 9.79 Å². The number of amidine groups is 1. The summed E-state index contributed by atoms with van der Waals surface area (Å²) >= 11 is 1.38. The van der Waals surface area contributed by atoms with Crippen molar-refractivity contribution in [2.75, 3.05) is 7.11 Å².